The Morgan fingerprint density at radius 2 is 2.13 bits per heavy atom. The fourth-order valence-corrected chi connectivity index (χ4v) is 3.28. The molecule has 0 spiro atoms. The third kappa shape index (κ3) is 3.77. The van der Waals surface area contributed by atoms with E-state index < -0.39 is 12.0 Å². The highest BCUT2D eigenvalue weighted by Crippen LogP contribution is 2.37. The van der Waals surface area contributed by atoms with E-state index in [4.69, 9.17) is 9.47 Å². The molecular formula is C16H20BrNO5. The monoisotopic (exact) mass is 385 g/mol. The Morgan fingerprint density at radius 3 is 2.74 bits per heavy atom. The smallest absolute Gasteiger partial charge is 0.326 e. The minimum Gasteiger partial charge on any atom is -0.493 e. The summed E-state index contributed by atoms with van der Waals surface area (Å²) in [5.74, 6) is -0.303. The van der Waals surface area contributed by atoms with Crippen molar-refractivity contribution in [1.82, 2.24) is 4.90 Å². The summed E-state index contributed by atoms with van der Waals surface area (Å²) in [7, 11) is 1.50. The number of methoxy groups -OCH3 is 1. The van der Waals surface area contributed by atoms with Crippen molar-refractivity contribution in [3.63, 3.8) is 0 Å². The van der Waals surface area contributed by atoms with Gasteiger partial charge in [-0.3, -0.25) is 4.79 Å². The number of carbonyl (C=O) groups excluding carboxylic acids is 1. The van der Waals surface area contributed by atoms with Crippen molar-refractivity contribution < 1.29 is 24.2 Å². The summed E-state index contributed by atoms with van der Waals surface area (Å²) in [4.78, 5) is 25.6. The molecule has 1 N–H and O–H groups in total. The Bertz CT molecular complexity index is 604. The summed E-state index contributed by atoms with van der Waals surface area (Å²) in [5.41, 5.74) is 0.380. The molecule has 0 unspecified atom stereocenters. The van der Waals surface area contributed by atoms with Crippen LogP contribution in [0.3, 0.4) is 0 Å². The lowest BCUT2D eigenvalue weighted by molar-refractivity contribution is -0.143. The molecule has 1 heterocycles. The second-order valence-corrected chi connectivity index (χ2v) is 6.13. The topological polar surface area (TPSA) is 76.1 Å². The second kappa shape index (κ2) is 7.68. The summed E-state index contributed by atoms with van der Waals surface area (Å²) >= 11 is 3.38. The summed E-state index contributed by atoms with van der Waals surface area (Å²) < 4.78 is 11.4. The largest absolute Gasteiger partial charge is 0.493 e. The second-order valence-electron chi connectivity index (χ2n) is 5.27. The normalized spacial score (nSPS) is 17.7. The molecule has 6 nitrogen and oxygen atoms in total. The lowest BCUT2D eigenvalue weighted by atomic mass is 10.0. The van der Waals surface area contributed by atoms with E-state index in [1.807, 2.05) is 6.92 Å². The van der Waals surface area contributed by atoms with Gasteiger partial charge in [0.2, 0.25) is 0 Å². The van der Waals surface area contributed by atoms with Crippen LogP contribution >= 0.6 is 15.9 Å². The van der Waals surface area contributed by atoms with Crippen LogP contribution in [0.2, 0.25) is 0 Å². The van der Waals surface area contributed by atoms with Gasteiger partial charge in [0, 0.05) is 12.1 Å². The van der Waals surface area contributed by atoms with Gasteiger partial charge in [0.05, 0.1) is 18.2 Å². The summed E-state index contributed by atoms with van der Waals surface area (Å²) in [6.07, 6.45) is 2.11. The molecule has 1 atom stereocenters. The molecule has 1 aliphatic rings. The van der Waals surface area contributed by atoms with Crippen molar-refractivity contribution >= 4 is 27.8 Å². The van der Waals surface area contributed by atoms with Crippen LogP contribution < -0.4 is 9.47 Å². The minimum atomic E-state index is -0.963. The van der Waals surface area contributed by atoms with Crippen LogP contribution in [-0.4, -0.2) is 48.2 Å². The van der Waals surface area contributed by atoms with Crippen molar-refractivity contribution in [3.8, 4) is 11.5 Å². The molecule has 1 aromatic carbocycles. The number of hydrogen-bond acceptors (Lipinski definition) is 4. The van der Waals surface area contributed by atoms with Gasteiger partial charge < -0.3 is 19.5 Å². The molecular weight excluding hydrogens is 366 g/mol. The molecule has 1 fully saturated rings. The molecule has 1 aromatic rings. The molecule has 2 rings (SSSR count). The molecule has 1 amide bonds. The molecule has 0 saturated carbocycles. The van der Waals surface area contributed by atoms with Crippen LogP contribution in [0, 0.1) is 0 Å². The maximum Gasteiger partial charge on any atom is 0.326 e. The van der Waals surface area contributed by atoms with Crippen LogP contribution in [0.25, 0.3) is 0 Å². The van der Waals surface area contributed by atoms with Crippen molar-refractivity contribution in [3.05, 3.63) is 22.2 Å². The highest BCUT2D eigenvalue weighted by Gasteiger charge is 2.33. The first-order chi connectivity index (χ1) is 11.0. The van der Waals surface area contributed by atoms with Crippen LogP contribution in [0.5, 0.6) is 11.5 Å². The first-order valence-electron chi connectivity index (χ1n) is 7.53. The number of aliphatic carboxylic acids is 1. The maximum absolute atomic E-state index is 12.7. The van der Waals surface area contributed by atoms with Gasteiger partial charge in [0.15, 0.2) is 11.5 Å². The third-order valence-corrected chi connectivity index (χ3v) is 4.40. The van der Waals surface area contributed by atoms with Gasteiger partial charge in [0.1, 0.15) is 6.04 Å². The Morgan fingerprint density at radius 1 is 1.39 bits per heavy atom. The van der Waals surface area contributed by atoms with Crippen molar-refractivity contribution in [2.24, 2.45) is 0 Å². The highest BCUT2D eigenvalue weighted by atomic mass is 79.9. The van der Waals surface area contributed by atoms with E-state index in [1.54, 1.807) is 12.1 Å². The third-order valence-electron chi connectivity index (χ3n) is 3.81. The van der Waals surface area contributed by atoms with Crippen LogP contribution in [0.1, 0.15) is 36.5 Å². The highest BCUT2D eigenvalue weighted by molar-refractivity contribution is 9.10. The predicted molar refractivity (Wildman–Crippen MR) is 88.2 cm³/mol. The van der Waals surface area contributed by atoms with Gasteiger partial charge >= 0.3 is 5.97 Å². The van der Waals surface area contributed by atoms with Crippen LogP contribution in [0.15, 0.2) is 16.6 Å². The fraction of sp³-hybridized carbons (Fsp3) is 0.500. The average molecular weight is 386 g/mol. The van der Waals surface area contributed by atoms with E-state index in [0.29, 0.717) is 41.1 Å². The number of carbonyl (C=O) groups is 2. The molecule has 126 valence electrons. The molecule has 0 radical (unpaired) electrons. The fourth-order valence-electron chi connectivity index (χ4n) is 2.72. The Hall–Kier alpha value is -1.76. The number of benzene rings is 1. The lowest BCUT2D eigenvalue weighted by Crippen LogP contribution is -2.48. The van der Waals surface area contributed by atoms with Gasteiger partial charge in [0.25, 0.3) is 5.91 Å². The van der Waals surface area contributed by atoms with E-state index in [-0.39, 0.29) is 5.91 Å². The number of likely N-dealkylation sites (tertiary alicyclic amines) is 1. The predicted octanol–water partition coefficient (Wildman–Crippen LogP) is 2.94. The summed E-state index contributed by atoms with van der Waals surface area (Å²) in [6, 6.07) is 2.46. The van der Waals surface area contributed by atoms with Crippen LogP contribution in [-0.2, 0) is 4.79 Å². The standard InChI is InChI=1S/C16H20BrNO5/c1-3-23-14-11(17)8-10(9-13(14)22-2)15(19)18-7-5-4-6-12(18)16(20)21/h8-9,12H,3-7H2,1-2H3,(H,20,21)/t12-/m1/s1. The zero-order valence-electron chi connectivity index (χ0n) is 13.2. The molecule has 0 bridgehead atoms. The lowest BCUT2D eigenvalue weighted by Gasteiger charge is -2.33. The maximum atomic E-state index is 12.7. The number of nitrogens with zero attached hydrogens (tertiary/aromatic N) is 1. The van der Waals surface area contributed by atoms with E-state index in [9.17, 15) is 14.7 Å². The van der Waals surface area contributed by atoms with Crippen molar-refractivity contribution in [2.75, 3.05) is 20.3 Å². The number of ether oxygens (including phenoxy) is 2. The zero-order valence-corrected chi connectivity index (χ0v) is 14.8. The van der Waals surface area contributed by atoms with Gasteiger partial charge in [-0.1, -0.05) is 0 Å². The first-order valence-corrected chi connectivity index (χ1v) is 8.33. The van der Waals surface area contributed by atoms with E-state index in [0.717, 1.165) is 12.8 Å². The summed E-state index contributed by atoms with van der Waals surface area (Å²) in [5, 5.41) is 9.33. The summed E-state index contributed by atoms with van der Waals surface area (Å²) in [6.45, 7) is 2.77. The molecule has 23 heavy (non-hydrogen) atoms. The SMILES string of the molecule is CCOc1c(Br)cc(C(=O)N2CCCC[C@@H]2C(=O)O)cc1OC. The molecule has 1 saturated heterocycles. The van der Waals surface area contributed by atoms with Gasteiger partial charge in [-0.05, 0) is 54.2 Å². The Balaban J connectivity index is 2.35. The number of carboxylic acid groups (broad SMARTS) is 1. The Kier molecular flexibility index (Phi) is 5.87. The van der Waals surface area contributed by atoms with Gasteiger partial charge in [-0.15, -0.1) is 0 Å². The molecule has 1 aliphatic heterocycles. The minimum absolute atomic E-state index is 0.306. The Labute approximate surface area is 143 Å². The molecule has 0 aromatic heterocycles. The van der Waals surface area contributed by atoms with E-state index in [1.165, 1.54) is 12.0 Å². The quantitative estimate of drug-likeness (QED) is 0.842. The van der Waals surface area contributed by atoms with Crippen molar-refractivity contribution in [1.29, 1.82) is 0 Å². The number of hydrogen-bond donors (Lipinski definition) is 1. The van der Waals surface area contributed by atoms with Crippen LogP contribution in [0.4, 0.5) is 0 Å². The number of amides is 1. The zero-order chi connectivity index (χ0) is 17.0. The number of halogens is 1. The number of piperidine rings is 1. The number of rotatable bonds is 5. The molecule has 0 aliphatic carbocycles. The van der Waals surface area contributed by atoms with E-state index >= 15 is 0 Å². The molecule has 7 heteroatoms. The number of carboxylic acids is 1. The average Bonchev–Trinajstić information content (AvgIpc) is 2.55. The first kappa shape index (κ1) is 17.6. The van der Waals surface area contributed by atoms with Crippen molar-refractivity contribution in [2.45, 2.75) is 32.2 Å². The van der Waals surface area contributed by atoms with Gasteiger partial charge in [-0.2, -0.15) is 0 Å². The van der Waals surface area contributed by atoms with E-state index in [2.05, 4.69) is 15.9 Å². The van der Waals surface area contributed by atoms with Gasteiger partial charge in [-0.25, -0.2) is 4.79 Å².